The molecule has 156 valence electrons. The van der Waals surface area contributed by atoms with Gasteiger partial charge in [-0.1, -0.05) is 42.0 Å². The van der Waals surface area contributed by atoms with Crippen molar-refractivity contribution >= 4 is 20.0 Å². The number of piperidine rings is 1. The maximum Gasteiger partial charge on any atom is 0.240 e. The summed E-state index contributed by atoms with van der Waals surface area (Å²) in [6.45, 7) is 2.02. The third-order valence-corrected chi connectivity index (χ3v) is 8.79. The Kier molecular flexibility index (Phi) is 5.31. The number of rotatable bonds is 5. The molecule has 29 heavy (non-hydrogen) atoms. The summed E-state index contributed by atoms with van der Waals surface area (Å²) in [4.78, 5) is 0.229. The summed E-state index contributed by atoms with van der Waals surface area (Å²) in [5.74, 6) is 0. The molecular formula is C21H26N2O4S2. The average Bonchev–Trinajstić information content (AvgIpc) is 2.94. The van der Waals surface area contributed by atoms with Crippen molar-refractivity contribution in [2.45, 2.75) is 55.6 Å². The topological polar surface area (TPSA) is 83.6 Å². The zero-order chi connectivity index (χ0) is 20.8. The van der Waals surface area contributed by atoms with Gasteiger partial charge in [-0.05, 0) is 55.9 Å². The number of nitrogens with zero attached hydrogens (tertiary/aromatic N) is 1. The van der Waals surface area contributed by atoms with Crippen molar-refractivity contribution in [1.29, 1.82) is 0 Å². The summed E-state index contributed by atoms with van der Waals surface area (Å²) >= 11 is 0. The van der Waals surface area contributed by atoms with E-state index in [1.165, 1.54) is 6.26 Å². The first-order chi connectivity index (χ1) is 13.6. The van der Waals surface area contributed by atoms with Gasteiger partial charge in [0.2, 0.25) is 20.0 Å². The molecule has 0 radical (unpaired) electrons. The molecular weight excluding hydrogens is 408 g/mol. The molecule has 2 saturated heterocycles. The monoisotopic (exact) mass is 434 g/mol. The van der Waals surface area contributed by atoms with Crippen LogP contribution in [0.4, 0.5) is 0 Å². The van der Waals surface area contributed by atoms with Crippen LogP contribution in [0.15, 0.2) is 53.4 Å². The second kappa shape index (κ2) is 7.50. The van der Waals surface area contributed by atoms with Gasteiger partial charge in [-0.2, -0.15) is 4.31 Å². The molecule has 4 rings (SSSR count). The number of fused-ring (bicyclic) bond motifs is 2. The molecule has 0 amide bonds. The summed E-state index contributed by atoms with van der Waals surface area (Å²) in [6.07, 6.45) is 3.86. The molecule has 8 heteroatoms. The van der Waals surface area contributed by atoms with Crippen LogP contribution in [0.1, 0.15) is 31.2 Å². The fourth-order valence-electron chi connectivity index (χ4n) is 4.71. The van der Waals surface area contributed by atoms with E-state index in [0.717, 1.165) is 29.5 Å². The maximum absolute atomic E-state index is 12.9. The van der Waals surface area contributed by atoms with Gasteiger partial charge < -0.3 is 0 Å². The van der Waals surface area contributed by atoms with Gasteiger partial charge in [0, 0.05) is 18.1 Å². The summed E-state index contributed by atoms with van der Waals surface area (Å²) in [5.41, 5.74) is 3.16. The van der Waals surface area contributed by atoms with Gasteiger partial charge in [0.05, 0.1) is 11.2 Å². The van der Waals surface area contributed by atoms with Gasteiger partial charge in [-0.25, -0.2) is 21.6 Å². The fourth-order valence-corrected chi connectivity index (χ4v) is 7.44. The highest BCUT2D eigenvalue weighted by Gasteiger charge is 2.45. The molecule has 2 fully saturated rings. The highest BCUT2D eigenvalue weighted by atomic mass is 32.2. The van der Waals surface area contributed by atoms with Crippen LogP contribution in [0, 0.1) is 6.92 Å². The van der Waals surface area contributed by atoms with Gasteiger partial charge >= 0.3 is 0 Å². The lowest BCUT2D eigenvalue weighted by Crippen LogP contribution is -2.51. The van der Waals surface area contributed by atoms with Crippen LogP contribution in [0.25, 0.3) is 11.1 Å². The van der Waals surface area contributed by atoms with Crippen molar-refractivity contribution in [3.8, 4) is 11.1 Å². The number of benzene rings is 2. The van der Waals surface area contributed by atoms with E-state index in [2.05, 4.69) is 10.8 Å². The van der Waals surface area contributed by atoms with Crippen LogP contribution in [0.2, 0.25) is 0 Å². The summed E-state index contributed by atoms with van der Waals surface area (Å²) in [6, 6.07) is 14.5. The molecule has 2 aromatic rings. The molecule has 0 saturated carbocycles. The largest absolute Gasteiger partial charge is 0.240 e. The van der Waals surface area contributed by atoms with Gasteiger partial charge in [0.1, 0.15) is 0 Å². The van der Waals surface area contributed by atoms with Crippen LogP contribution in [0.5, 0.6) is 0 Å². The molecule has 6 nitrogen and oxygen atoms in total. The Morgan fingerprint density at radius 2 is 1.52 bits per heavy atom. The zero-order valence-electron chi connectivity index (χ0n) is 16.6. The van der Waals surface area contributed by atoms with E-state index < -0.39 is 20.0 Å². The smallest absolute Gasteiger partial charge is 0.212 e. The van der Waals surface area contributed by atoms with Gasteiger partial charge in [-0.15, -0.1) is 0 Å². The number of hydrogen-bond acceptors (Lipinski definition) is 4. The van der Waals surface area contributed by atoms with E-state index >= 15 is 0 Å². The predicted molar refractivity (Wildman–Crippen MR) is 113 cm³/mol. The van der Waals surface area contributed by atoms with Gasteiger partial charge in [-0.3, -0.25) is 0 Å². The molecule has 2 unspecified atom stereocenters. The van der Waals surface area contributed by atoms with Crippen LogP contribution >= 0.6 is 0 Å². The standard InChI is InChI=1S/C21H26N2O4S2/c1-15-4-3-5-17(12-15)16-6-10-21(11-7-16)29(26,27)22-18-13-19-8-9-20(14-18)23(19)28(2,24)25/h3-7,10-12,18-20,22H,8-9,13-14H2,1-2H3. The van der Waals surface area contributed by atoms with Crippen LogP contribution in [-0.2, 0) is 20.0 Å². The number of hydrogen-bond donors (Lipinski definition) is 1. The lowest BCUT2D eigenvalue weighted by atomic mass is 10.0. The predicted octanol–water partition coefficient (Wildman–Crippen LogP) is 2.90. The van der Waals surface area contributed by atoms with Crippen LogP contribution in [-0.4, -0.2) is 45.5 Å². The Morgan fingerprint density at radius 1 is 0.897 bits per heavy atom. The summed E-state index contributed by atoms with van der Waals surface area (Å²) < 4.78 is 54.2. The second-order valence-corrected chi connectivity index (χ2v) is 11.8. The zero-order valence-corrected chi connectivity index (χ0v) is 18.2. The minimum absolute atomic E-state index is 0.111. The molecule has 2 bridgehead atoms. The molecule has 2 atom stereocenters. The van der Waals surface area contributed by atoms with Crippen molar-refractivity contribution in [3.05, 3.63) is 54.1 Å². The van der Waals surface area contributed by atoms with Gasteiger partial charge in [0.15, 0.2) is 0 Å². The first-order valence-corrected chi connectivity index (χ1v) is 13.1. The molecule has 2 aliphatic rings. The Labute approximate surface area is 173 Å². The number of aryl methyl sites for hydroxylation is 1. The Morgan fingerprint density at radius 3 is 2.07 bits per heavy atom. The van der Waals surface area contributed by atoms with Crippen LogP contribution < -0.4 is 4.72 Å². The molecule has 0 spiro atoms. The minimum Gasteiger partial charge on any atom is -0.212 e. The van der Waals surface area contributed by atoms with Crippen molar-refractivity contribution < 1.29 is 16.8 Å². The summed E-state index contributed by atoms with van der Waals surface area (Å²) in [5, 5.41) is 0. The van der Waals surface area contributed by atoms with E-state index in [4.69, 9.17) is 0 Å². The molecule has 0 aromatic heterocycles. The third kappa shape index (κ3) is 4.26. The lowest BCUT2D eigenvalue weighted by Gasteiger charge is -2.37. The van der Waals surface area contributed by atoms with Crippen molar-refractivity contribution in [2.75, 3.05) is 6.26 Å². The van der Waals surface area contributed by atoms with E-state index in [1.54, 1.807) is 16.4 Å². The van der Waals surface area contributed by atoms with E-state index in [9.17, 15) is 16.8 Å². The summed E-state index contributed by atoms with van der Waals surface area (Å²) in [7, 11) is -6.92. The number of nitrogens with one attached hydrogen (secondary N) is 1. The average molecular weight is 435 g/mol. The van der Waals surface area contributed by atoms with Crippen molar-refractivity contribution in [1.82, 2.24) is 9.03 Å². The third-order valence-electron chi connectivity index (χ3n) is 5.89. The van der Waals surface area contributed by atoms with Gasteiger partial charge in [0.25, 0.3) is 0 Å². The molecule has 0 aliphatic carbocycles. The maximum atomic E-state index is 12.9. The first-order valence-electron chi connectivity index (χ1n) is 9.81. The quantitative estimate of drug-likeness (QED) is 0.784. The van der Waals surface area contributed by atoms with E-state index in [-0.39, 0.29) is 23.0 Å². The highest BCUT2D eigenvalue weighted by molar-refractivity contribution is 7.89. The molecule has 2 aromatic carbocycles. The Balaban J connectivity index is 1.49. The van der Waals surface area contributed by atoms with E-state index in [0.29, 0.717) is 12.8 Å². The normalized spacial score (nSPS) is 25.2. The first kappa shape index (κ1) is 20.5. The Hall–Kier alpha value is -1.74. The fraction of sp³-hybridized carbons (Fsp3) is 0.429. The minimum atomic E-state index is -3.66. The molecule has 2 heterocycles. The molecule has 2 aliphatic heterocycles. The highest BCUT2D eigenvalue weighted by Crippen LogP contribution is 2.38. The number of sulfonamides is 2. The van der Waals surface area contributed by atoms with Crippen LogP contribution in [0.3, 0.4) is 0 Å². The molecule has 1 N–H and O–H groups in total. The second-order valence-electron chi connectivity index (χ2n) is 8.16. The lowest BCUT2D eigenvalue weighted by molar-refractivity contribution is 0.221. The van der Waals surface area contributed by atoms with E-state index in [1.807, 2.05) is 37.3 Å². The Bertz CT molecular complexity index is 1100. The van der Waals surface area contributed by atoms with Crippen molar-refractivity contribution in [3.63, 3.8) is 0 Å². The SMILES string of the molecule is Cc1cccc(-c2ccc(S(=O)(=O)NC3CC4CCC(C3)N4S(C)(=O)=O)cc2)c1. The van der Waals surface area contributed by atoms with Crippen molar-refractivity contribution in [2.24, 2.45) is 0 Å².